The third kappa shape index (κ3) is 3.93. The Labute approximate surface area is 156 Å². The molecule has 0 saturated carbocycles. The Bertz CT molecular complexity index is 1080. The molecular formula is C22H17N3O2. The number of hydrogen-bond acceptors (Lipinski definition) is 4. The van der Waals surface area contributed by atoms with Crippen LogP contribution in [0.3, 0.4) is 0 Å². The summed E-state index contributed by atoms with van der Waals surface area (Å²) in [6.07, 6.45) is 3.29. The van der Waals surface area contributed by atoms with Crippen LogP contribution < -0.4 is 10.1 Å². The molecule has 0 spiro atoms. The molecule has 0 saturated heterocycles. The van der Waals surface area contributed by atoms with Gasteiger partial charge in [-0.3, -0.25) is 9.78 Å². The van der Waals surface area contributed by atoms with Crippen molar-refractivity contribution in [1.29, 1.82) is 0 Å². The number of carbonyl (C=O) groups is 1. The van der Waals surface area contributed by atoms with Crippen molar-refractivity contribution >= 4 is 22.5 Å². The number of para-hydroxylation sites is 1. The van der Waals surface area contributed by atoms with Crippen LogP contribution in [0.15, 0.2) is 85.2 Å². The summed E-state index contributed by atoms with van der Waals surface area (Å²) in [4.78, 5) is 21.2. The van der Waals surface area contributed by atoms with Crippen LogP contribution in [-0.2, 0) is 6.61 Å². The van der Waals surface area contributed by atoms with Gasteiger partial charge in [0.15, 0.2) is 0 Å². The first-order valence-corrected chi connectivity index (χ1v) is 8.57. The second-order valence-electron chi connectivity index (χ2n) is 5.99. The second kappa shape index (κ2) is 7.66. The Balaban J connectivity index is 1.50. The number of amides is 1. The molecule has 0 atom stereocenters. The van der Waals surface area contributed by atoms with E-state index in [1.807, 2.05) is 54.6 Å². The number of rotatable bonds is 5. The van der Waals surface area contributed by atoms with Gasteiger partial charge in [0.25, 0.3) is 5.91 Å². The molecule has 0 aliphatic rings. The van der Waals surface area contributed by atoms with Gasteiger partial charge in [-0.2, -0.15) is 0 Å². The molecule has 0 radical (unpaired) electrons. The standard InChI is InChI=1S/C22H17N3O2/c26-22(19-10-4-8-17-9-5-12-24-21(17)19)25-18-11-13-23-20(14-18)27-15-16-6-2-1-3-7-16/h1-14H,15H2,(H,23,25,26). The van der Waals surface area contributed by atoms with Gasteiger partial charge in [-0.25, -0.2) is 4.98 Å². The highest BCUT2D eigenvalue weighted by Gasteiger charge is 2.11. The molecular weight excluding hydrogens is 338 g/mol. The SMILES string of the molecule is O=C(Nc1ccnc(OCc2ccccc2)c1)c1cccc2cccnc12. The molecule has 2 heterocycles. The molecule has 5 nitrogen and oxygen atoms in total. The lowest BCUT2D eigenvalue weighted by Gasteiger charge is -2.09. The number of aromatic nitrogens is 2. The highest BCUT2D eigenvalue weighted by Crippen LogP contribution is 2.20. The summed E-state index contributed by atoms with van der Waals surface area (Å²) in [5.41, 5.74) is 2.87. The van der Waals surface area contributed by atoms with E-state index in [4.69, 9.17) is 4.74 Å². The van der Waals surface area contributed by atoms with E-state index >= 15 is 0 Å². The average molecular weight is 355 g/mol. The van der Waals surface area contributed by atoms with E-state index in [1.54, 1.807) is 30.6 Å². The van der Waals surface area contributed by atoms with Gasteiger partial charge < -0.3 is 10.1 Å². The number of nitrogens with one attached hydrogen (secondary N) is 1. The van der Waals surface area contributed by atoms with Crippen molar-refractivity contribution < 1.29 is 9.53 Å². The maximum atomic E-state index is 12.7. The van der Waals surface area contributed by atoms with E-state index < -0.39 is 0 Å². The molecule has 0 aliphatic heterocycles. The topological polar surface area (TPSA) is 64.1 Å². The van der Waals surface area contributed by atoms with Gasteiger partial charge in [0.05, 0.1) is 11.1 Å². The maximum absolute atomic E-state index is 12.7. The van der Waals surface area contributed by atoms with E-state index in [1.165, 1.54) is 0 Å². The maximum Gasteiger partial charge on any atom is 0.257 e. The van der Waals surface area contributed by atoms with Gasteiger partial charge in [0, 0.05) is 29.5 Å². The first-order valence-electron chi connectivity index (χ1n) is 8.57. The lowest BCUT2D eigenvalue weighted by atomic mass is 10.1. The largest absolute Gasteiger partial charge is 0.473 e. The molecule has 2 aromatic heterocycles. The van der Waals surface area contributed by atoms with E-state index in [2.05, 4.69) is 15.3 Å². The molecule has 132 valence electrons. The molecule has 0 bridgehead atoms. The number of hydrogen-bond donors (Lipinski definition) is 1. The van der Waals surface area contributed by atoms with Gasteiger partial charge in [-0.05, 0) is 23.8 Å². The third-order valence-corrected chi connectivity index (χ3v) is 4.10. The van der Waals surface area contributed by atoms with Crippen molar-refractivity contribution in [3.05, 3.63) is 96.3 Å². The van der Waals surface area contributed by atoms with Crippen LogP contribution >= 0.6 is 0 Å². The molecule has 0 unspecified atom stereocenters. The predicted molar refractivity (Wildman–Crippen MR) is 105 cm³/mol. The van der Waals surface area contributed by atoms with Crippen LogP contribution in [0.5, 0.6) is 5.88 Å². The molecule has 0 aliphatic carbocycles. The summed E-state index contributed by atoms with van der Waals surface area (Å²) in [5, 5.41) is 3.81. The Morgan fingerprint density at radius 2 is 1.74 bits per heavy atom. The fourth-order valence-electron chi connectivity index (χ4n) is 2.78. The van der Waals surface area contributed by atoms with Crippen LogP contribution in [-0.4, -0.2) is 15.9 Å². The zero-order valence-electron chi connectivity index (χ0n) is 14.5. The molecule has 4 rings (SSSR count). The minimum atomic E-state index is -0.223. The van der Waals surface area contributed by atoms with E-state index in [0.717, 1.165) is 10.9 Å². The minimum absolute atomic E-state index is 0.223. The quantitative estimate of drug-likeness (QED) is 0.574. The van der Waals surface area contributed by atoms with Gasteiger partial charge in [-0.15, -0.1) is 0 Å². The van der Waals surface area contributed by atoms with Crippen molar-refractivity contribution in [2.75, 3.05) is 5.32 Å². The molecule has 0 fully saturated rings. The molecule has 5 heteroatoms. The van der Waals surface area contributed by atoms with Gasteiger partial charge in [-0.1, -0.05) is 48.5 Å². The number of carbonyl (C=O) groups excluding carboxylic acids is 1. The number of fused-ring (bicyclic) bond motifs is 1. The lowest BCUT2D eigenvalue weighted by Crippen LogP contribution is -2.13. The summed E-state index contributed by atoms with van der Waals surface area (Å²) < 4.78 is 5.72. The first kappa shape index (κ1) is 16.7. The van der Waals surface area contributed by atoms with Crippen molar-refractivity contribution in [2.24, 2.45) is 0 Å². The zero-order valence-corrected chi connectivity index (χ0v) is 14.5. The zero-order chi connectivity index (χ0) is 18.5. The van der Waals surface area contributed by atoms with Crippen molar-refractivity contribution in [2.45, 2.75) is 6.61 Å². The summed E-state index contributed by atoms with van der Waals surface area (Å²) in [5.74, 6) is 0.229. The monoisotopic (exact) mass is 355 g/mol. The highest BCUT2D eigenvalue weighted by atomic mass is 16.5. The summed E-state index contributed by atoms with van der Waals surface area (Å²) >= 11 is 0. The number of benzene rings is 2. The summed E-state index contributed by atoms with van der Waals surface area (Å²) in [6, 6.07) is 22.6. The number of anilines is 1. The van der Waals surface area contributed by atoms with Gasteiger partial charge >= 0.3 is 0 Å². The Morgan fingerprint density at radius 3 is 2.63 bits per heavy atom. The summed E-state index contributed by atoms with van der Waals surface area (Å²) in [6.45, 7) is 0.415. The summed E-state index contributed by atoms with van der Waals surface area (Å²) in [7, 11) is 0. The van der Waals surface area contributed by atoms with Crippen LogP contribution in [0.1, 0.15) is 15.9 Å². The van der Waals surface area contributed by atoms with E-state index in [0.29, 0.717) is 29.3 Å². The van der Waals surface area contributed by atoms with Crippen LogP contribution in [0.4, 0.5) is 5.69 Å². The first-order chi connectivity index (χ1) is 13.3. The van der Waals surface area contributed by atoms with E-state index in [9.17, 15) is 4.79 Å². The van der Waals surface area contributed by atoms with Crippen LogP contribution in [0.25, 0.3) is 10.9 Å². The van der Waals surface area contributed by atoms with E-state index in [-0.39, 0.29) is 5.91 Å². The van der Waals surface area contributed by atoms with Crippen molar-refractivity contribution in [3.8, 4) is 5.88 Å². The highest BCUT2D eigenvalue weighted by molar-refractivity contribution is 6.11. The molecule has 4 aromatic rings. The van der Waals surface area contributed by atoms with Crippen LogP contribution in [0.2, 0.25) is 0 Å². The Kier molecular flexibility index (Phi) is 4.74. The molecule has 1 amide bonds. The fourth-order valence-corrected chi connectivity index (χ4v) is 2.78. The average Bonchev–Trinajstić information content (AvgIpc) is 2.73. The van der Waals surface area contributed by atoms with Gasteiger partial charge in [0.2, 0.25) is 5.88 Å². The predicted octanol–water partition coefficient (Wildman–Crippen LogP) is 4.46. The van der Waals surface area contributed by atoms with Crippen molar-refractivity contribution in [3.63, 3.8) is 0 Å². The third-order valence-electron chi connectivity index (χ3n) is 4.10. The molecule has 27 heavy (non-hydrogen) atoms. The normalized spacial score (nSPS) is 10.5. The minimum Gasteiger partial charge on any atom is -0.473 e. The fraction of sp³-hybridized carbons (Fsp3) is 0.0455. The second-order valence-corrected chi connectivity index (χ2v) is 5.99. The van der Waals surface area contributed by atoms with Crippen LogP contribution in [0, 0.1) is 0 Å². The number of nitrogens with zero attached hydrogens (tertiary/aromatic N) is 2. The smallest absolute Gasteiger partial charge is 0.257 e. The van der Waals surface area contributed by atoms with Gasteiger partial charge in [0.1, 0.15) is 6.61 Å². The number of pyridine rings is 2. The van der Waals surface area contributed by atoms with Crippen molar-refractivity contribution in [1.82, 2.24) is 9.97 Å². The lowest BCUT2D eigenvalue weighted by molar-refractivity contribution is 0.102. The Hall–Kier alpha value is -3.73. The molecule has 2 aromatic carbocycles. The Morgan fingerprint density at radius 1 is 0.889 bits per heavy atom. The molecule has 1 N–H and O–H groups in total. The number of ether oxygens (including phenoxy) is 1.